The van der Waals surface area contributed by atoms with Crippen molar-refractivity contribution in [2.45, 2.75) is 39.7 Å². The second-order valence-electron chi connectivity index (χ2n) is 5.55. The summed E-state index contributed by atoms with van der Waals surface area (Å²) in [5.41, 5.74) is -1.65. The number of carboxylic acid groups (broad SMARTS) is 2. The molecule has 0 aliphatic heterocycles. The Morgan fingerprint density at radius 3 is 1.88 bits per heavy atom. The molecule has 0 unspecified atom stereocenters. The van der Waals surface area contributed by atoms with Crippen LogP contribution in [0.15, 0.2) is 11.8 Å². The van der Waals surface area contributed by atoms with Gasteiger partial charge in [-0.05, 0) is 30.9 Å². The fraction of sp³-hybridized carbons (Fsp3) is 0.412. The molecule has 1 atom stereocenters. The summed E-state index contributed by atoms with van der Waals surface area (Å²) >= 11 is 0. The zero-order valence-corrected chi connectivity index (χ0v) is 14.5. The number of aliphatic hydroxyl groups excluding tert-OH is 1. The number of hydrogen-bond donors (Lipinski definition) is 3. The quantitative estimate of drug-likeness (QED) is 0.279. The van der Waals surface area contributed by atoms with E-state index in [2.05, 4.69) is 0 Å². The van der Waals surface area contributed by atoms with Gasteiger partial charge in [0.25, 0.3) is 0 Å². The van der Waals surface area contributed by atoms with Crippen LogP contribution >= 0.6 is 0 Å². The summed E-state index contributed by atoms with van der Waals surface area (Å²) in [6, 6.07) is -1.00. The zero-order chi connectivity index (χ0) is 20.2. The fourth-order valence-corrected chi connectivity index (χ4v) is 2.60. The van der Waals surface area contributed by atoms with E-state index in [0.29, 0.717) is 6.20 Å². The molecule has 0 fully saturated rings. The standard InChI is InChI=1S/C17H20F3NO5/c1-4-9-10(5-2)15(14(20)13(19)12(9)18)21(8(3)7-22)6-11(16(23)24)17(25)26/h6,8,22H,4-5,7H2,1-3H3,(H,23,24)(H,25,26)/t8-/m0/s1. The van der Waals surface area contributed by atoms with Gasteiger partial charge in [0.15, 0.2) is 23.0 Å². The Balaban J connectivity index is 3.89. The molecule has 0 aromatic heterocycles. The lowest BCUT2D eigenvalue weighted by molar-refractivity contribution is -0.140. The van der Waals surface area contributed by atoms with Gasteiger partial charge in [-0.1, -0.05) is 13.8 Å². The van der Waals surface area contributed by atoms with Crippen LogP contribution in [0.5, 0.6) is 0 Å². The maximum Gasteiger partial charge on any atom is 0.344 e. The summed E-state index contributed by atoms with van der Waals surface area (Å²) in [5, 5.41) is 27.5. The van der Waals surface area contributed by atoms with Crippen LogP contribution < -0.4 is 4.90 Å². The number of aliphatic carboxylic acids is 2. The van der Waals surface area contributed by atoms with Crippen molar-refractivity contribution in [1.29, 1.82) is 0 Å². The molecule has 0 radical (unpaired) electrons. The minimum atomic E-state index is -1.80. The minimum absolute atomic E-state index is 0.0367. The van der Waals surface area contributed by atoms with Gasteiger partial charge in [-0.2, -0.15) is 0 Å². The van der Waals surface area contributed by atoms with Crippen molar-refractivity contribution < 1.29 is 38.1 Å². The highest BCUT2D eigenvalue weighted by Gasteiger charge is 2.29. The normalized spacial score (nSPS) is 11.8. The number of carbonyl (C=O) groups is 2. The number of hydrogen-bond acceptors (Lipinski definition) is 4. The van der Waals surface area contributed by atoms with Crippen molar-refractivity contribution >= 4 is 17.6 Å². The third kappa shape index (κ3) is 3.98. The van der Waals surface area contributed by atoms with Crippen LogP contribution in [-0.4, -0.2) is 39.9 Å². The van der Waals surface area contributed by atoms with E-state index in [1.54, 1.807) is 6.92 Å². The van der Waals surface area contributed by atoms with E-state index >= 15 is 0 Å². The Labute approximate surface area is 148 Å². The van der Waals surface area contributed by atoms with Gasteiger partial charge in [-0.15, -0.1) is 0 Å². The largest absolute Gasteiger partial charge is 0.477 e. The summed E-state index contributed by atoms with van der Waals surface area (Å²) in [6.07, 6.45) is 0.708. The van der Waals surface area contributed by atoms with E-state index in [9.17, 15) is 27.9 Å². The van der Waals surface area contributed by atoms with Crippen LogP contribution in [0.3, 0.4) is 0 Å². The van der Waals surface area contributed by atoms with E-state index in [4.69, 9.17) is 10.2 Å². The molecule has 0 saturated heterocycles. The van der Waals surface area contributed by atoms with Crippen LogP contribution in [0.25, 0.3) is 0 Å². The first-order valence-corrected chi connectivity index (χ1v) is 7.87. The van der Waals surface area contributed by atoms with Crippen molar-refractivity contribution in [2.24, 2.45) is 0 Å². The first-order valence-electron chi connectivity index (χ1n) is 7.87. The topological polar surface area (TPSA) is 98.1 Å². The van der Waals surface area contributed by atoms with Crippen LogP contribution in [0.1, 0.15) is 31.9 Å². The number of benzene rings is 1. The summed E-state index contributed by atoms with van der Waals surface area (Å²) in [4.78, 5) is 23.1. The maximum atomic E-state index is 14.6. The van der Waals surface area contributed by atoms with Gasteiger partial charge in [0, 0.05) is 6.20 Å². The molecule has 6 nitrogen and oxygen atoms in total. The second-order valence-corrected chi connectivity index (χ2v) is 5.55. The lowest BCUT2D eigenvalue weighted by atomic mass is 9.97. The third-order valence-electron chi connectivity index (χ3n) is 3.94. The molecule has 1 aromatic rings. The minimum Gasteiger partial charge on any atom is -0.477 e. The highest BCUT2D eigenvalue weighted by molar-refractivity contribution is 6.12. The number of nitrogens with zero attached hydrogens (tertiary/aromatic N) is 1. The summed E-state index contributed by atoms with van der Waals surface area (Å²) in [6.45, 7) is 3.83. The Morgan fingerprint density at radius 1 is 1.00 bits per heavy atom. The molecule has 9 heteroatoms. The SMILES string of the molecule is CCc1c(F)c(F)c(F)c(N(C=C(C(=O)O)C(=O)O)[C@@H](C)CO)c1CC. The van der Waals surface area contributed by atoms with Crippen LogP contribution in [-0.2, 0) is 22.4 Å². The Morgan fingerprint density at radius 2 is 1.50 bits per heavy atom. The molecular formula is C17H20F3NO5. The number of rotatable bonds is 8. The van der Waals surface area contributed by atoms with E-state index in [1.807, 2.05) is 0 Å². The number of aliphatic hydroxyl groups is 1. The molecule has 1 aromatic carbocycles. The molecule has 1 rings (SSSR count). The van der Waals surface area contributed by atoms with E-state index in [-0.39, 0.29) is 24.0 Å². The van der Waals surface area contributed by atoms with Crippen molar-refractivity contribution in [3.63, 3.8) is 0 Å². The molecule has 0 heterocycles. The number of anilines is 1. The molecule has 0 aliphatic rings. The van der Waals surface area contributed by atoms with Gasteiger partial charge >= 0.3 is 11.9 Å². The van der Waals surface area contributed by atoms with Crippen molar-refractivity contribution in [3.8, 4) is 0 Å². The first-order chi connectivity index (χ1) is 12.1. The molecule has 3 N–H and O–H groups in total. The molecule has 144 valence electrons. The summed E-state index contributed by atoms with van der Waals surface area (Å²) in [5.74, 6) is -8.27. The van der Waals surface area contributed by atoms with Crippen molar-refractivity contribution in [2.75, 3.05) is 11.5 Å². The molecule has 0 spiro atoms. The van der Waals surface area contributed by atoms with E-state index < -0.39 is 53.3 Å². The van der Waals surface area contributed by atoms with Crippen molar-refractivity contribution in [1.82, 2.24) is 0 Å². The van der Waals surface area contributed by atoms with E-state index in [0.717, 1.165) is 4.90 Å². The van der Waals surface area contributed by atoms with Crippen LogP contribution in [0, 0.1) is 17.5 Å². The molecule has 26 heavy (non-hydrogen) atoms. The molecule has 0 bridgehead atoms. The van der Waals surface area contributed by atoms with Gasteiger partial charge < -0.3 is 20.2 Å². The molecule has 0 aliphatic carbocycles. The Hall–Kier alpha value is -2.55. The second kappa shape index (κ2) is 8.70. The Kier molecular flexibility index (Phi) is 7.19. The average Bonchev–Trinajstić information content (AvgIpc) is 2.59. The highest BCUT2D eigenvalue weighted by atomic mass is 19.2. The van der Waals surface area contributed by atoms with E-state index in [1.165, 1.54) is 13.8 Å². The number of halogens is 3. The summed E-state index contributed by atoms with van der Waals surface area (Å²) in [7, 11) is 0. The average molecular weight is 375 g/mol. The lowest BCUT2D eigenvalue weighted by Crippen LogP contribution is -2.35. The molecule has 0 saturated carbocycles. The Bertz CT molecular complexity index is 733. The third-order valence-corrected chi connectivity index (χ3v) is 3.94. The molecular weight excluding hydrogens is 355 g/mol. The van der Waals surface area contributed by atoms with Gasteiger partial charge in [-0.25, -0.2) is 22.8 Å². The van der Waals surface area contributed by atoms with Crippen molar-refractivity contribution in [3.05, 3.63) is 40.4 Å². The van der Waals surface area contributed by atoms with Gasteiger partial charge in [-0.3, -0.25) is 0 Å². The van der Waals surface area contributed by atoms with Gasteiger partial charge in [0.2, 0.25) is 0 Å². The van der Waals surface area contributed by atoms with Crippen LogP contribution in [0.2, 0.25) is 0 Å². The van der Waals surface area contributed by atoms with Crippen LogP contribution in [0.4, 0.5) is 18.9 Å². The first kappa shape index (κ1) is 21.5. The summed E-state index contributed by atoms with van der Waals surface area (Å²) < 4.78 is 42.7. The zero-order valence-electron chi connectivity index (χ0n) is 14.5. The molecule has 0 amide bonds. The fourth-order valence-electron chi connectivity index (χ4n) is 2.60. The van der Waals surface area contributed by atoms with Gasteiger partial charge in [0.1, 0.15) is 0 Å². The smallest absolute Gasteiger partial charge is 0.344 e. The lowest BCUT2D eigenvalue weighted by Gasteiger charge is -2.30. The highest BCUT2D eigenvalue weighted by Crippen LogP contribution is 2.35. The van der Waals surface area contributed by atoms with Gasteiger partial charge in [0.05, 0.1) is 18.3 Å². The maximum absolute atomic E-state index is 14.6. The predicted octanol–water partition coefficient (Wildman–Crippen LogP) is 2.47. The predicted molar refractivity (Wildman–Crippen MR) is 87.5 cm³/mol. The monoisotopic (exact) mass is 375 g/mol. The number of carboxylic acids is 2.